The summed E-state index contributed by atoms with van der Waals surface area (Å²) in [5.41, 5.74) is 7.41. The maximum atomic E-state index is 12.5. The molecule has 1 atom stereocenters. The van der Waals surface area contributed by atoms with Crippen molar-refractivity contribution in [1.82, 2.24) is 5.43 Å². The molecule has 0 saturated heterocycles. The van der Waals surface area contributed by atoms with Gasteiger partial charge in [0.25, 0.3) is 5.91 Å². The summed E-state index contributed by atoms with van der Waals surface area (Å²) < 4.78 is 1.12. The van der Waals surface area contributed by atoms with Crippen LogP contribution >= 0.6 is 31.9 Å². The zero-order chi connectivity index (χ0) is 23.1. The Morgan fingerprint density at radius 2 is 1.97 bits per heavy atom. The third kappa shape index (κ3) is 4.82. The molecule has 7 heteroatoms. The highest BCUT2D eigenvalue weighted by atomic mass is 79.9. The Kier molecular flexibility index (Phi) is 6.87. The minimum absolute atomic E-state index is 0.0941. The Morgan fingerprint density at radius 3 is 2.61 bits per heavy atom. The van der Waals surface area contributed by atoms with Crippen LogP contribution < -0.4 is 10.3 Å². The molecule has 3 rings (SSSR count). The standard InChI is InChI=1S/C24H29Br2N3O2/c1-13(2)29-21-7-14(3)16(8-18(21)15(4)11-24(29,5)6)12-27-28-23(31)19-9-17(25)10-20(26)22(19)30/h7-10,12-13,15,30H,11H2,1-6H3,(H,28,31)/b27-12-/t15-/m0/s1. The van der Waals surface area contributed by atoms with Gasteiger partial charge in [-0.1, -0.05) is 22.9 Å². The third-order valence-electron chi connectivity index (χ3n) is 5.82. The Labute approximate surface area is 201 Å². The van der Waals surface area contributed by atoms with Crippen LogP contribution in [0.3, 0.4) is 0 Å². The van der Waals surface area contributed by atoms with Gasteiger partial charge >= 0.3 is 0 Å². The molecule has 2 aromatic rings. The first kappa shape index (κ1) is 23.8. The van der Waals surface area contributed by atoms with Crippen LogP contribution in [0.4, 0.5) is 5.69 Å². The average Bonchev–Trinajstić information content (AvgIpc) is 2.64. The molecule has 166 valence electrons. The number of aromatic hydroxyl groups is 1. The number of rotatable bonds is 4. The largest absolute Gasteiger partial charge is 0.506 e. The molecule has 1 heterocycles. The number of carbonyl (C=O) groups is 1. The van der Waals surface area contributed by atoms with Gasteiger partial charge in [0.15, 0.2) is 0 Å². The van der Waals surface area contributed by atoms with Gasteiger partial charge in [-0.2, -0.15) is 5.10 Å². The van der Waals surface area contributed by atoms with Crippen LogP contribution in [-0.2, 0) is 0 Å². The first-order valence-corrected chi connectivity index (χ1v) is 12.0. The highest BCUT2D eigenvalue weighted by Gasteiger charge is 2.37. The Bertz CT molecular complexity index is 1050. The van der Waals surface area contributed by atoms with E-state index in [1.807, 2.05) is 0 Å². The van der Waals surface area contributed by atoms with E-state index in [0.717, 1.165) is 17.5 Å². The lowest BCUT2D eigenvalue weighted by Crippen LogP contribution is -2.51. The lowest BCUT2D eigenvalue weighted by Gasteiger charge is -2.50. The first-order chi connectivity index (χ1) is 14.4. The highest BCUT2D eigenvalue weighted by Crippen LogP contribution is 2.45. The van der Waals surface area contributed by atoms with Gasteiger partial charge in [0.1, 0.15) is 5.75 Å². The fourth-order valence-electron chi connectivity index (χ4n) is 4.69. The van der Waals surface area contributed by atoms with Crippen molar-refractivity contribution in [1.29, 1.82) is 0 Å². The van der Waals surface area contributed by atoms with Crippen molar-refractivity contribution in [2.45, 2.75) is 65.5 Å². The van der Waals surface area contributed by atoms with Crippen LogP contribution in [0.15, 0.2) is 38.3 Å². The molecule has 0 spiro atoms. The lowest BCUT2D eigenvalue weighted by atomic mass is 9.78. The number of phenols is 1. The molecule has 2 N–H and O–H groups in total. The summed E-state index contributed by atoms with van der Waals surface area (Å²) in [7, 11) is 0. The van der Waals surface area contributed by atoms with Crippen molar-refractivity contribution in [3.05, 3.63) is 55.5 Å². The van der Waals surface area contributed by atoms with E-state index >= 15 is 0 Å². The molecular weight excluding hydrogens is 522 g/mol. The number of hydrogen-bond acceptors (Lipinski definition) is 4. The molecule has 31 heavy (non-hydrogen) atoms. The molecule has 0 aliphatic carbocycles. The lowest BCUT2D eigenvalue weighted by molar-refractivity contribution is 0.0952. The maximum Gasteiger partial charge on any atom is 0.275 e. The SMILES string of the molecule is Cc1cc2c(cc1/C=N\NC(=O)c1cc(Br)cc(Br)c1O)[C@@H](C)CC(C)(C)N2C(C)C. The second-order valence-electron chi connectivity index (χ2n) is 9.13. The third-order valence-corrected chi connectivity index (χ3v) is 6.88. The number of hydrazone groups is 1. The van der Waals surface area contributed by atoms with Crippen molar-refractivity contribution < 1.29 is 9.90 Å². The molecule has 0 bridgehead atoms. The van der Waals surface area contributed by atoms with Crippen LogP contribution in [0.1, 0.15) is 74.0 Å². The van der Waals surface area contributed by atoms with Crippen molar-refractivity contribution in [3.63, 3.8) is 0 Å². The quantitative estimate of drug-likeness (QED) is 0.338. The number of phenolic OH excluding ortho intramolecular Hbond substituents is 1. The Hall–Kier alpha value is -1.86. The molecule has 0 unspecified atom stereocenters. The van der Waals surface area contributed by atoms with E-state index in [2.05, 4.69) is 101 Å². The first-order valence-electron chi connectivity index (χ1n) is 10.4. The summed E-state index contributed by atoms with van der Waals surface area (Å²) in [5.74, 6) is -0.170. The van der Waals surface area contributed by atoms with Crippen molar-refractivity contribution in [2.24, 2.45) is 5.10 Å². The second-order valence-corrected chi connectivity index (χ2v) is 10.9. The van der Waals surface area contributed by atoms with Crippen molar-refractivity contribution in [2.75, 3.05) is 4.90 Å². The topological polar surface area (TPSA) is 64.9 Å². The van der Waals surface area contributed by atoms with Gasteiger partial charge < -0.3 is 10.0 Å². The van der Waals surface area contributed by atoms with E-state index < -0.39 is 5.91 Å². The number of amides is 1. The molecule has 0 fully saturated rings. The molecule has 1 aliphatic heterocycles. The summed E-state index contributed by atoms with van der Waals surface area (Å²) in [6, 6.07) is 8.04. The predicted octanol–water partition coefficient (Wildman–Crippen LogP) is 6.49. The van der Waals surface area contributed by atoms with E-state index in [-0.39, 0.29) is 16.9 Å². The minimum Gasteiger partial charge on any atom is -0.506 e. The van der Waals surface area contributed by atoms with Gasteiger partial charge in [0, 0.05) is 21.7 Å². The van der Waals surface area contributed by atoms with E-state index in [4.69, 9.17) is 0 Å². The molecule has 1 amide bonds. The van der Waals surface area contributed by atoms with Gasteiger partial charge in [-0.3, -0.25) is 4.79 Å². The number of hydrogen-bond donors (Lipinski definition) is 2. The zero-order valence-corrected chi connectivity index (χ0v) is 21.9. The molecule has 5 nitrogen and oxygen atoms in total. The Morgan fingerprint density at radius 1 is 1.29 bits per heavy atom. The fourth-order valence-corrected chi connectivity index (χ4v) is 5.92. The van der Waals surface area contributed by atoms with E-state index in [1.54, 1.807) is 18.3 Å². The van der Waals surface area contributed by atoms with Crippen molar-refractivity contribution in [3.8, 4) is 5.75 Å². The summed E-state index contributed by atoms with van der Waals surface area (Å²) in [6.45, 7) is 13.4. The number of nitrogens with zero attached hydrogens (tertiary/aromatic N) is 2. The number of fused-ring (bicyclic) bond motifs is 1. The van der Waals surface area contributed by atoms with Gasteiger partial charge in [-0.15, -0.1) is 0 Å². The summed E-state index contributed by atoms with van der Waals surface area (Å²) >= 11 is 6.57. The van der Waals surface area contributed by atoms with Crippen LogP contribution in [-0.4, -0.2) is 28.8 Å². The molecule has 2 aromatic carbocycles. The number of benzene rings is 2. The van der Waals surface area contributed by atoms with E-state index in [0.29, 0.717) is 20.9 Å². The van der Waals surface area contributed by atoms with Gasteiger partial charge in [-0.25, -0.2) is 5.43 Å². The average molecular weight is 551 g/mol. The predicted molar refractivity (Wildman–Crippen MR) is 134 cm³/mol. The monoisotopic (exact) mass is 549 g/mol. The van der Waals surface area contributed by atoms with Crippen LogP contribution in [0.5, 0.6) is 5.75 Å². The minimum atomic E-state index is -0.479. The summed E-state index contributed by atoms with van der Waals surface area (Å²) in [4.78, 5) is 15.0. The highest BCUT2D eigenvalue weighted by molar-refractivity contribution is 9.11. The normalized spacial score (nSPS) is 17.8. The zero-order valence-electron chi connectivity index (χ0n) is 18.8. The van der Waals surface area contributed by atoms with Crippen LogP contribution in [0, 0.1) is 6.92 Å². The van der Waals surface area contributed by atoms with Crippen molar-refractivity contribution >= 4 is 49.7 Å². The summed E-state index contributed by atoms with van der Waals surface area (Å²) in [5, 5.41) is 14.3. The van der Waals surface area contributed by atoms with Gasteiger partial charge in [0.05, 0.1) is 16.3 Å². The number of halogens is 2. The molecule has 0 radical (unpaired) electrons. The fraction of sp³-hybridized carbons (Fsp3) is 0.417. The molecule has 1 aliphatic rings. The maximum absolute atomic E-state index is 12.5. The number of nitrogens with one attached hydrogen (secondary N) is 1. The van der Waals surface area contributed by atoms with E-state index in [9.17, 15) is 9.90 Å². The molecule has 0 aromatic heterocycles. The van der Waals surface area contributed by atoms with E-state index in [1.165, 1.54) is 11.3 Å². The number of aryl methyl sites for hydroxylation is 1. The van der Waals surface area contributed by atoms with Gasteiger partial charge in [0.2, 0.25) is 0 Å². The summed E-state index contributed by atoms with van der Waals surface area (Å²) in [6.07, 6.45) is 2.75. The van der Waals surface area contributed by atoms with Crippen LogP contribution in [0.2, 0.25) is 0 Å². The number of anilines is 1. The molecular formula is C24H29Br2N3O2. The number of carbonyl (C=O) groups excluding carboxylic acids is 1. The smallest absolute Gasteiger partial charge is 0.275 e. The van der Waals surface area contributed by atoms with Gasteiger partial charge in [-0.05, 0) is 104 Å². The second kappa shape index (κ2) is 8.94. The molecule has 0 saturated carbocycles. The Balaban J connectivity index is 1.88. The van der Waals surface area contributed by atoms with Crippen LogP contribution in [0.25, 0.3) is 0 Å².